The van der Waals surface area contributed by atoms with Gasteiger partial charge in [0.2, 0.25) is 0 Å². The molecule has 8 heteroatoms. The maximum absolute atomic E-state index is 9.84. The smallest absolute Gasteiger partial charge is 0.346 e. The van der Waals surface area contributed by atoms with Crippen LogP contribution in [0.25, 0.3) is 17.2 Å². The highest BCUT2D eigenvalue weighted by Crippen LogP contribution is 2.15. The summed E-state index contributed by atoms with van der Waals surface area (Å²) in [7, 11) is 0. The van der Waals surface area contributed by atoms with E-state index in [4.69, 9.17) is 16.2 Å². The van der Waals surface area contributed by atoms with Gasteiger partial charge in [-0.1, -0.05) is 6.58 Å². The Hall–Kier alpha value is -2.03. The number of nitrogens with two attached hydrogens (primary N) is 2. The molecule has 0 aromatic carbocycles. The molecular weight excluding hydrogens is 296 g/mol. The summed E-state index contributed by atoms with van der Waals surface area (Å²) in [6.45, 7) is 6.59. The monoisotopic (exact) mass is 321 g/mol. The summed E-state index contributed by atoms with van der Waals surface area (Å²) in [4.78, 5) is 11.7. The second-order valence-electron chi connectivity index (χ2n) is 5.45. The zero-order valence-corrected chi connectivity index (χ0v) is 13.4. The van der Waals surface area contributed by atoms with Crippen LogP contribution in [0.5, 0.6) is 0 Å². The summed E-state index contributed by atoms with van der Waals surface area (Å²) in [5.74, 6) is 0.327. The highest BCUT2D eigenvalue weighted by atomic mass is 16.6. The number of H-pyrrole nitrogens is 1. The van der Waals surface area contributed by atoms with Gasteiger partial charge in [0.15, 0.2) is 18.3 Å². The number of aliphatic hydroxyl groups is 1. The molecule has 0 aliphatic rings. The maximum Gasteiger partial charge on any atom is 0.346 e. The lowest BCUT2D eigenvalue weighted by molar-refractivity contribution is -0.688. The molecule has 0 spiro atoms. The second kappa shape index (κ2) is 8.00. The highest BCUT2D eigenvalue weighted by molar-refractivity contribution is 5.77. The third kappa shape index (κ3) is 4.04. The van der Waals surface area contributed by atoms with Crippen molar-refractivity contribution in [1.82, 2.24) is 15.0 Å². The molecule has 0 radical (unpaired) electrons. The predicted octanol–water partition coefficient (Wildman–Crippen LogP) is 0.496. The molecule has 23 heavy (non-hydrogen) atoms. The van der Waals surface area contributed by atoms with E-state index < -0.39 is 6.29 Å². The van der Waals surface area contributed by atoms with Crippen LogP contribution in [0.4, 0.5) is 5.95 Å². The van der Waals surface area contributed by atoms with Gasteiger partial charge in [0, 0.05) is 0 Å². The number of fused-ring (bicyclic) bond motifs is 1. The SMILES string of the molecule is C=Cc1nc(N)[n+](C(C)COC(O)CCCCN)c2nc[nH]c12. The Balaban J connectivity index is 2.09. The van der Waals surface area contributed by atoms with E-state index in [0.29, 0.717) is 36.9 Å². The van der Waals surface area contributed by atoms with Crippen molar-refractivity contribution in [3.8, 4) is 0 Å². The fraction of sp³-hybridized carbons (Fsp3) is 0.533. The third-order valence-electron chi connectivity index (χ3n) is 3.65. The molecule has 0 saturated carbocycles. The Morgan fingerprint density at radius 1 is 1.52 bits per heavy atom. The number of aromatic nitrogens is 4. The fourth-order valence-electron chi connectivity index (χ4n) is 2.45. The number of aliphatic hydroxyl groups excluding tert-OH is 1. The van der Waals surface area contributed by atoms with Crippen LogP contribution in [-0.4, -0.2) is 39.5 Å². The number of ether oxygens (including phenoxy) is 1. The molecule has 2 heterocycles. The fourth-order valence-corrected chi connectivity index (χ4v) is 2.45. The summed E-state index contributed by atoms with van der Waals surface area (Å²) in [5.41, 5.74) is 13.6. The second-order valence-corrected chi connectivity index (χ2v) is 5.45. The first-order chi connectivity index (χ1) is 11.1. The summed E-state index contributed by atoms with van der Waals surface area (Å²) < 4.78 is 7.28. The maximum atomic E-state index is 9.84. The van der Waals surface area contributed by atoms with Crippen LogP contribution in [0, 0.1) is 0 Å². The zero-order valence-electron chi connectivity index (χ0n) is 13.4. The Morgan fingerprint density at radius 3 is 3.00 bits per heavy atom. The molecule has 2 atom stereocenters. The lowest BCUT2D eigenvalue weighted by Gasteiger charge is -2.17. The standard InChI is InChI=1S/C15H24N6O2/c1-3-11-13-14(19-9-18-13)21(15(17)20-11)10(2)8-23-12(22)6-4-5-7-16/h3,9-10,12,22H,1,4-8,16H2,2H3,(H2,17,18,19,20)/p+1. The molecule has 0 bridgehead atoms. The van der Waals surface area contributed by atoms with Crippen LogP contribution in [0.2, 0.25) is 0 Å². The number of imidazole rings is 1. The molecule has 126 valence electrons. The van der Waals surface area contributed by atoms with Gasteiger partial charge < -0.3 is 26.3 Å². The van der Waals surface area contributed by atoms with E-state index in [9.17, 15) is 5.11 Å². The largest absolute Gasteiger partial charge is 0.368 e. The minimum atomic E-state index is -0.805. The van der Waals surface area contributed by atoms with Crippen LogP contribution in [0.1, 0.15) is 37.9 Å². The number of hydrogen-bond acceptors (Lipinski definition) is 6. The van der Waals surface area contributed by atoms with Crippen molar-refractivity contribution < 1.29 is 14.4 Å². The number of rotatable bonds is 9. The van der Waals surface area contributed by atoms with Crippen molar-refractivity contribution in [2.45, 2.75) is 38.5 Å². The van der Waals surface area contributed by atoms with Crippen LogP contribution >= 0.6 is 0 Å². The molecule has 0 saturated heterocycles. The van der Waals surface area contributed by atoms with Crippen LogP contribution in [-0.2, 0) is 4.74 Å². The Morgan fingerprint density at radius 2 is 2.30 bits per heavy atom. The lowest BCUT2D eigenvalue weighted by atomic mass is 10.2. The average Bonchev–Trinajstić information content (AvgIpc) is 3.01. The van der Waals surface area contributed by atoms with Crippen molar-refractivity contribution >= 4 is 23.2 Å². The topological polar surface area (TPSA) is 127 Å². The van der Waals surface area contributed by atoms with Gasteiger partial charge in [0.25, 0.3) is 5.65 Å². The van der Waals surface area contributed by atoms with Gasteiger partial charge in [-0.15, -0.1) is 9.97 Å². The van der Waals surface area contributed by atoms with Crippen molar-refractivity contribution in [3.63, 3.8) is 0 Å². The molecule has 2 unspecified atom stereocenters. The van der Waals surface area contributed by atoms with Gasteiger partial charge in [0.1, 0.15) is 5.52 Å². The number of aromatic amines is 1. The molecule has 6 N–H and O–H groups in total. The summed E-state index contributed by atoms with van der Waals surface area (Å²) in [5, 5.41) is 9.84. The highest BCUT2D eigenvalue weighted by Gasteiger charge is 2.23. The number of hydrogen-bond donors (Lipinski definition) is 4. The van der Waals surface area contributed by atoms with Gasteiger partial charge in [-0.25, -0.2) is 4.57 Å². The number of anilines is 1. The normalized spacial score (nSPS) is 14.0. The predicted molar refractivity (Wildman–Crippen MR) is 88.2 cm³/mol. The van der Waals surface area contributed by atoms with Crippen molar-refractivity contribution in [3.05, 3.63) is 18.6 Å². The van der Waals surface area contributed by atoms with Crippen molar-refractivity contribution in [2.24, 2.45) is 5.73 Å². The number of nitrogen functional groups attached to an aromatic ring is 1. The third-order valence-corrected chi connectivity index (χ3v) is 3.65. The molecule has 8 nitrogen and oxygen atoms in total. The molecule has 0 fully saturated rings. The zero-order chi connectivity index (χ0) is 16.8. The quantitative estimate of drug-likeness (QED) is 0.302. The van der Waals surface area contributed by atoms with Crippen LogP contribution < -0.4 is 16.0 Å². The molecule has 2 aromatic rings. The van der Waals surface area contributed by atoms with Gasteiger partial charge in [-0.05, 0) is 38.8 Å². The van der Waals surface area contributed by atoms with Crippen molar-refractivity contribution in [1.29, 1.82) is 0 Å². The number of unbranched alkanes of at least 4 members (excludes halogenated alkanes) is 1. The Kier molecular flexibility index (Phi) is 6.03. The van der Waals surface area contributed by atoms with Crippen molar-refractivity contribution in [2.75, 3.05) is 18.9 Å². The molecule has 0 aliphatic carbocycles. The minimum Gasteiger partial charge on any atom is -0.368 e. The summed E-state index contributed by atoms with van der Waals surface area (Å²) in [6, 6.07) is -0.128. The van der Waals surface area contributed by atoms with E-state index in [2.05, 4.69) is 21.5 Å². The molecular formula is C15H25N6O2+. The molecule has 2 aromatic heterocycles. The summed E-state index contributed by atoms with van der Waals surface area (Å²) >= 11 is 0. The van der Waals surface area contributed by atoms with Crippen LogP contribution in [0.3, 0.4) is 0 Å². The lowest BCUT2D eigenvalue weighted by Crippen LogP contribution is -2.45. The Bertz CT molecular complexity index is 657. The number of nitrogens with one attached hydrogen (secondary N) is 1. The first-order valence-corrected chi connectivity index (χ1v) is 7.74. The Labute approximate surface area is 135 Å². The van der Waals surface area contributed by atoms with E-state index in [-0.39, 0.29) is 6.04 Å². The van der Waals surface area contributed by atoms with E-state index in [1.54, 1.807) is 17.0 Å². The van der Waals surface area contributed by atoms with Gasteiger partial charge in [0.05, 0.1) is 12.6 Å². The van der Waals surface area contributed by atoms with E-state index in [0.717, 1.165) is 18.4 Å². The first-order valence-electron chi connectivity index (χ1n) is 7.74. The molecule has 0 aliphatic heterocycles. The van der Waals surface area contributed by atoms with Gasteiger partial charge in [-0.2, -0.15) is 0 Å². The number of nitrogens with zero attached hydrogens (tertiary/aromatic N) is 3. The van der Waals surface area contributed by atoms with E-state index in [1.807, 2.05) is 6.92 Å². The summed E-state index contributed by atoms with van der Waals surface area (Å²) in [6.07, 6.45) is 4.68. The molecule has 2 rings (SSSR count). The first kappa shape index (κ1) is 17.3. The van der Waals surface area contributed by atoms with Crippen LogP contribution in [0.15, 0.2) is 12.9 Å². The molecule has 0 amide bonds. The van der Waals surface area contributed by atoms with E-state index >= 15 is 0 Å². The van der Waals surface area contributed by atoms with E-state index in [1.165, 1.54) is 0 Å². The van der Waals surface area contributed by atoms with Gasteiger partial charge in [-0.3, -0.25) is 0 Å². The minimum absolute atomic E-state index is 0.128. The average molecular weight is 321 g/mol. The van der Waals surface area contributed by atoms with Gasteiger partial charge >= 0.3 is 5.95 Å².